The van der Waals surface area contributed by atoms with E-state index in [1.165, 1.54) is 0 Å². The molecule has 1 heterocycles. The fraction of sp³-hybridized carbons (Fsp3) is 0.148. The number of halogens is 1. The van der Waals surface area contributed by atoms with Gasteiger partial charge in [-0.2, -0.15) is 0 Å². The summed E-state index contributed by atoms with van der Waals surface area (Å²) in [5.41, 5.74) is 4.20. The third-order valence-corrected chi connectivity index (χ3v) is 6.62. The van der Waals surface area contributed by atoms with E-state index in [0.29, 0.717) is 28.6 Å². The molecule has 1 saturated heterocycles. The van der Waals surface area contributed by atoms with Crippen molar-refractivity contribution < 1.29 is 19.1 Å². The van der Waals surface area contributed by atoms with Crippen LogP contribution >= 0.6 is 23.4 Å². The monoisotopic (exact) mass is 506 g/mol. The standard InChI is InChI=1S/C27H23ClN2O4S/c1-17-10-11-23(18(2)12-17)29-25(31)15-30-26(32)24(35-27(30)33)14-19-6-5-8-21(13-19)34-16-20-7-3-4-9-22(20)28/h3-14H,15-16H2,1-2H3,(H,29,31)/b24-14+. The second-order valence-electron chi connectivity index (χ2n) is 8.09. The largest absolute Gasteiger partial charge is 0.489 e. The normalized spacial score (nSPS) is 14.5. The van der Waals surface area contributed by atoms with Crippen molar-refractivity contribution in [2.24, 2.45) is 0 Å². The van der Waals surface area contributed by atoms with E-state index in [2.05, 4.69) is 5.32 Å². The van der Waals surface area contributed by atoms with Gasteiger partial charge in [-0.05, 0) is 67.1 Å². The lowest BCUT2D eigenvalue weighted by molar-refractivity contribution is -0.127. The summed E-state index contributed by atoms with van der Waals surface area (Å²) < 4.78 is 5.84. The molecule has 0 spiro atoms. The highest BCUT2D eigenvalue weighted by Crippen LogP contribution is 2.32. The second kappa shape index (κ2) is 10.8. The summed E-state index contributed by atoms with van der Waals surface area (Å²) in [6.07, 6.45) is 1.62. The number of carbonyl (C=O) groups excluding carboxylic acids is 3. The van der Waals surface area contributed by atoms with Crippen molar-refractivity contribution in [3.8, 4) is 5.75 Å². The Labute approximate surface area is 212 Å². The Morgan fingerprint density at radius 3 is 2.63 bits per heavy atom. The first kappa shape index (κ1) is 24.6. The Hall–Kier alpha value is -3.55. The molecular weight excluding hydrogens is 484 g/mol. The van der Waals surface area contributed by atoms with Crippen LogP contribution < -0.4 is 10.1 Å². The molecule has 6 nitrogen and oxygen atoms in total. The third kappa shape index (κ3) is 6.12. The van der Waals surface area contributed by atoms with E-state index in [9.17, 15) is 14.4 Å². The predicted octanol–water partition coefficient (Wildman–Crippen LogP) is 6.21. The molecule has 0 saturated carbocycles. The number of anilines is 1. The Kier molecular flexibility index (Phi) is 7.58. The molecule has 8 heteroatoms. The van der Waals surface area contributed by atoms with Gasteiger partial charge in [0.1, 0.15) is 18.9 Å². The summed E-state index contributed by atoms with van der Waals surface area (Å²) in [4.78, 5) is 39.0. The first-order valence-corrected chi connectivity index (χ1v) is 12.1. The smallest absolute Gasteiger partial charge is 0.294 e. The summed E-state index contributed by atoms with van der Waals surface area (Å²) >= 11 is 6.99. The highest BCUT2D eigenvalue weighted by molar-refractivity contribution is 8.18. The number of aryl methyl sites for hydroxylation is 2. The lowest BCUT2D eigenvalue weighted by atomic mass is 10.1. The van der Waals surface area contributed by atoms with E-state index in [1.807, 2.05) is 50.2 Å². The van der Waals surface area contributed by atoms with Gasteiger partial charge in [-0.15, -0.1) is 0 Å². The first-order chi connectivity index (χ1) is 16.8. The quantitative estimate of drug-likeness (QED) is 0.385. The van der Waals surface area contributed by atoms with E-state index in [-0.39, 0.29) is 11.4 Å². The van der Waals surface area contributed by atoms with Crippen LogP contribution in [-0.2, 0) is 16.2 Å². The molecule has 0 radical (unpaired) electrons. The van der Waals surface area contributed by atoms with Gasteiger partial charge in [0.25, 0.3) is 11.1 Å². The van der Waals surface area contributed by atoms with Crippen LogP contribution in [0.5, 0.6) is 5.75 Å². The number of imide groups is 1. The lowest BCUT2D eigenvalue weighted by Gasteiger charge is -2.14. The number of benzene rings is 3. The number of amides is 3. The lowest BCUT2D eigenvalue weighted by Crippen LogP contribution is -2.36. The zero-order valence-corrected chi connectivity index (χ0v) is 20.8. The third-order valence-electron chi connectivity index (χ3n) is 5.34. The molecule has 0 unspecified atom stereocenters. The van der Waals surface area contributed by atoms with Gasteiger partial charge in [0.15, 0.2) is 0 Å². The van der Waals surface area contributed by atoms with Crippen molar-refractivity contribution in [1.82, 2.24) is 4.90 Å². The Bertz CT molecular complexity index is 1340. The van der Waals surface area contributed by atoms with E-state index in [4.69, 9.17) is 16.3 Å². The molecule has 178 valence electrons. The molecular formula is C27H23ClN2O4S. The van der Waals surface area contributed by atoms with Gasteiger partial charge in [-0.1, -0.05) is 59.6 Å². The van der Waals surface area contributed by atoms with Crippen LogP contribution in [0, 0.1) is 13.8 Å². The van der Waals surface area contributed by atoms with Crippen LogP contribution in [-0.4, -0.2) is 28.5 Å². The van der Waals surface area contributed by atoms with Crippen molar-refractivity contribution in [3.63, 3.8) is 0 Å². The Morgan fingerprint density at radius 1 is 1.06 bits per heavy atom. The van der Waals surface area contributed by atoms with E-state index in [0.717, 1.165) is 33.4 Å². The maximum absolute atomic E-state index is 12.8. The minimum atomic E-state index is -0.502. The van der Waals surface area contributed by atoms with Crippen LogP contribution in [0.2, 0.25) is 5.02 Å². The number of ether oxygens (including phenoxy) is 1. The molecule has 4 rings (SSSR count). The summed E-state index contributed by atoms with van der Waals surface area (Å²) in [5, 5.41) is 2.91. The summed E-state index contributed by atoms with van der Waals surface area (Å²) in [7, 11) is 0. The summed E-state index contributed by atoms with van der Waals surface area (Å²) in [6.45, 7) is 3.80. The van der Waals surface area contributed by atoms with Crippen molar-refractivity contribution in [2.45, 2.75) is 20.5 Å². The molecule has 0 aromatic heterocycles. The summed E-state index contributed by atoms with van der Waals surface area (Å²) in [6, 6.07) is 20.3. The SMILES string of the molecule is Cc1ccc(NC(=O)CN2C(=O)S/C(=C/c3cccc(OCc4ccccc4Cl)c3)C2=O)c(C)c1. The minimum absolute atomic E-state index is 0.248. The van der Waals surface area contributed by atoms with Gasteiger partial charge in [0, 0.05) is 16.3 Å². The van der Waals surface area contributed by atoms with Crippen LogP contribution in [0.3, 0.4) is 0 Å². The molecule has 1 fully saturated rings. The number of nitrogens with zero attached hydrogens (tertiary/aromatic N) is 1. The topological polar surface area (TPSA) is 75.7 Å². The molecule has 3 amide bonds. The second-order valence-corrected chi connectivity index (χ2v) is 9.49. The van der Waals surface area contributed by atoms with Crippen LogP contribution in [0.15, 0.2) is 71.6 Å². The maximum atomic E-state index is 12.8. The molecule has 0 atom stereocenters. The highest BCUT2D eigenvalue weighted by Gasteiger charge is 2.36. The average Bonchev–Trinajstić information content (AvgIpc) is 3.08. The Balaban J connectivity index is 1.41. The van der Waals surface area contributed by atoms with Gasteiger partial charge < -0.3 is 10.1 Å². The predicted molar refractivity (Wildman–Crippen MR) is 139 cm³/mol. The highest BCUT2D eigenvalue weighted by atomic mass is 35.5. The van der Waals surface area contributed by atoms with Gasteiger partial charge in [0.2, 0.25) is 5.91 Å². The van der Waals surface area contributed by atoms with Crippen molar-refractivity contribution in [1.29, 1.82) is 0 Å². The molecule has 0 bridgehead atoms. The van der Waals surface area contributed by atoms with E-state index >= 15 is 0 Å². The molecule has 3 aromatic rings. The van der Waals surface area contributed by atoms with Gasteiger partial charge >= 0.3 is 0 Å². The molecule has 0 aliphatic carbocycles. The molecule has 3 aromatic carbocycles. The molecule has 1 N–H and O–H groups in total. The number of rotatable bonds is 7. The first-order valence-electron chi connectivity index (χ1n) is 10.9. The number of carbonyl (C=O) groups is 3. The zero-order valence-electron chi connectivity index (χ0n) is 19.2. The van der Waals surface area contributed by atoms with Gasteiger partial charge in [-0.25, -0.2) is 0 Å². The number of nitrogens with one attached hydrogen (secondary N) is 1. The average molecular weight is 507 g/mol. The summed E-state index contributed by atoms with van der Waals surface area (Å²) in [5.74, 6) is -0.334. The van der Waals surface area contributed by atoms with Crippen LogP contribution in [0.25, 0.3) is 6.08 Å². The van der Waals surface area contributed by atoms with Crippen molar-refractivity contribution in [2.75, 3.05) is 11.9 Å². The van der Waals surface area contributed by atoms with Crippen LogP contribution in [0.4, 0.5) is 10.5 Å². The fourth-order valence-electron chi connectivity index (χ4n) is 3.55. The molecule has 35 heavy (non-hydrogen) atoms. The molecule has 1 aliphatic rings. The maximum Gasteiger partial charge on any atom is 0.294 e. The van der Waals surface area contributed by atoms with Gasteiger partial charge in [-0.3, -0.25) is 19.3 Å². The zero-order chi connectivity index (χ0) is 24.9. The molecule has 1 aliphatic heterocycles. The minimum Gasteiger partial charge on any atom is -0.489 e. The number of hydrogen-bond acceptors (Lipinski definition) is 5. The van der Waals surface area contributed by atoms with Gasteiger partial charge in [0.05, 0.1) is 4.91 Å². The van der Waals surface area contributed by atoms with E-state index < -0.39 is 17.1 Å². The van der Waals surface area contributed by atoms with Crippen molar-refractivity contribution in [3.05, 3.63) is 98.9 Å². The van der Waals surface area contributed by atoms with E-state index in [1.54, 1.807) is 36.4 Å². The number of thioether (sulfide) groups is 1. The Morgan fingerprint density at radius 2 is 1.86 bits per heavy atom. The number of hydrogen-bond donors (Lipinski definition) is 1. The fourth-order valence-corrected chi connectivity index (χ4v) is 4.57. The van der Waals surface area contributed by atoms with Crippen LogP contribution in [0.1, 0.15) is 22.3 Å². The van der Waals surface area contributed by atoms with Crippen molar-refractivity contribution >= 4 is 52.2 Å².